The van der Waals surface area contributed by atoms with E-state index in [2.05, 4.69) is 9.88 Å². The van der Waals surface area contributed by atoms with Gasteiger partial charge in [-0.15, -0.1) is 0 Å². The molecule has 2 aromatic rings. The summed E-state index contributed by atoms with van der Waals surface area (Å²) >= 11 is 0. The number of aromatic carboxylic acids is 1. The highest BCUT2D eigenvalue weighted by Gasteiger charge is 2.21. The Kier molecular flexibility index (Phi) is 3.88. The Morgan fingerprint density at radius 3 is 2.62 bits per heavy atom. The largest absolute Gasteiger partial charge is 0.477 e. The van der Waals surface area contributed by atoms with Gasteiger partial charge in [-0.25, -0.2) is 17.9 Å². The molecule has 0 fully saturated rings. The number of hydrogen-bond donors (Lipinski definition) is 2. The molecule has 8 nitrogen and oxygen atoms in total. The fraction of sp³-hybridized carbons (Fsp3) is 0.333. The zero-order valence-corrected chi connectivity index (χ0v) is 12.6. The molecule has 0 spiro atoms. The number of carboxylic acid groups (broad SMARTS) is 1. The van der Waals surface area contributed by atoms with Crippen LogP contribution in [0.1, 0.15) is 27.5 Å². The molecule has 0 saturated carbocycles. The molecule has 0 aromatic carbocycles. The summed E-state index contributed by atoms with van der Waals surface area (Å²) in [4.78, 5) is 10.8. The highest BCUT2D eigenvalue weighted by molar-refractivity contribution is 7.89. The molecule has 0 aliphatic heterocycles. The van der Waals surface area contributed by atoms with Crippen molar-refractivity contribution < 1.29 is 22.8 Å². The first-order valence-corrected chi connectivity index (χ1v) is 7.51. The number of nitrogens with zero attached hydrogens (tertiary/aromatic N) is 2. The van der Waals surface area contributed by atoms with Crippen molar-refractivity contribution in [1.29, 1.82) is 0 Å². The second kappa shape index (κ2) is 5.34. The van der Waals surface area contributed by atoms with Gasteiger partial charge in [-0.2, -0.15) is 0 Å². The highest BCUT2D eigenvalue weighted by Crippen LogP contribution is 2.16. The number of carboxylic acids is 1. The third-order valence-corrected chi connectivity index (χ3v) is 4.50. The predicted molar refractivity (Wildman–Crippen MR) is 72.4 cm³/mol. The van der Waals surface area contributed by atoms with Gasteiger partial charge in [0, 0.05) is 25.4 Å². The van der Waals surface area contributed by atoms with Crippen LogP contribution in [0.25, 0.3) is 0 Å². The third kappa shape index (κ3) is 2.98. The first kappa shape index (κ1) is 15.3. The molecule has 2 heterocycles. The summed E-state index contributed by atoms with van der Waals surface area (Å²) in [5, 5.41) is 12.7. The van der Waals surface area contributed by atoms with Gasteiger partial charge in [-0.3, -0.25) is 0 Å². The smallest absolute Gasteiger partial charge is 0.352 e. The molecule has 0 aliphatic rings. The minimum Gasteiger partial charge on any atom is -0.477 e. The van der Waals surface area contributed by atoms with Gasteiger partial charge < -0.3 is 14.2 Å². The first-order valence-electron chi connectivity index (χ1n) is 6.03. The van der Waals surface area contributed by atoms with Crippen LogP contribution in [0.15, 0.2) is 21.7 Å². The zero-order chi connectivity index (χ0) is 15.8. The number of nitrogens with one attached hydrogen (secondary N) is 1. The number of aromatic nitrogens is 2. The molecule has 2 rings (SSSR count). The van der Waals surface area contributed by atoms with Crippen LogP contribution < -0.4 is 4.72 Å². The second-order valence-corrected chi connectivity index (χ2v) is 6.37. The van der Waals surface area contributed by atoms with E-state index in [0.29, 0.717) is 17.0 Å². The monoisotopic (exact) mass is 313 g/mol. The molecule has 9 heteroatoms. The lowest BCUT2D eigenvalue weighted by atomic mass is 10.2. The van der Waals surface area contributed by atoms with E-state index in [1.54, 1.807) is 13.8 Å². The lowest BCUT2D eigenvalue weighted by Crippen LogP contribution is -2.23. The molecule has 0 saturated heterocycles. The molecule has 21 heavy (non-hydrogen) atoms. The Morgan fingerprint density at radius 2 is 2.14 bits per heavy atom. The van der Waals surface area contributed by atoms with Crippen molar-refractivity contribution in [1.82, 2.24) is 14.4 Å². The maximum absolute atomic E-state index is 12.2. The van der Waals surface area contributed by atoms with E-state index in [1.165, 1.54) is 17.8 Å². The van der Waals surface area contributed by atoms with E-state index >= 15 is 0 Å². The van der Waals surface area contributed by atoms with Crippen LogP contribution in [0.3, 0.4) is 0 Å². The Labute approximate surface area is 121 Å². The summed E-state index contributed by atoms with van der Waals surface area (Å²) in [6.45, 7) is 3.43. The SMILES string of the molecule is Cc1noc(C)c1CNS(=O)(=O)c1cc(C(=O)O)n(C)c1. The van der Waals surface area contributed by atoms with Crippen LogP contribution in [0.4, 0.5) is 0 Å². The van der Waals surface area contributed by atoms with Crippen molar-refractivity contribution >= 4 is 16.0 Å². The fourth-order valence-electron chi connectivity index (χ4n) is 1.90. The van der Waals surface area contributed by atoms with Crippen LogP contribution in [0.2, 0.25) is 0 Å². The Morgan fingerprint density at radius 1 is 1.48 bits per heavy atom. The third-order valence-electron chi connectivity index (χ3n) is 3.13. The summed E-state index contributed by atoms with van der Waals surface area (Å²) in [5.41, 5.74) is 1.16. The van der Waals surface area contributed by atoms with Crippen LogP contribution in [0, 0.1) is 13.8 Å². The summed E-state index contributed by atoms with van der Waals surface area (Å²) in [6, 6.07) is 1.11. The molecule has 2 aromatic heterocycles. The summed E-state index contributed by atoms with van der Waals surface area (Å²) in [6.07, 6.45) is 1.25. The van der Waals surface area contributed by atoms with Crippen LogP contribution in [-0.2, 0) is 23.6 Å². The van der Waals surface area contributed by atoms with Crippen molar-refractivity contribution in [2.75, 3.05) is 0 Å². The van der Waals surface area contributed by atoms with Gasteiger partial charge in [0.2, 0.25) is 10.0 Å². The standard InChI is InChI=1S/C12H15N3O5S/c1-7-10(8(2)20-14-7)5-13-21(18,19)9-4-11(12(16)17)15(3)6-9/h4,6,13H,5H2,1-3H3,(H,16,17). The molecular formula is C12H15N3O5S. The average Bonchev–Trinajstić information content (AvgIpc) is 2.92. The molecule has 0 atom stereocenters. The second-order valence-electron chi connectivity index (χ2n) is 4.60. The van der Waals surface area contributed by atoms with Crippen molar-refractivity contribution in [3.63, 3.8) is 0 Å². The van der Waals surface area contributed by atoms with E-state index in [1.807, 2.05) is 0 Å². The lowest BCUT2D eigenvalue weighted by molar-refractivity contribution is 0.0686. The van der Waals surface area contributed by atoms with Gasteiger partial charge in [0.25, 0.3) is 0 Å². The molecule has 0 radical (unpaired) electrons. The molecule has 0 unspecified atom stereocenters. The summed E-state index contributed by atoms with van der Waals surface area (Å²) in [5.74, 6) is -0.654. The number of aryl methyl sites for hydroxylation is 3. The van der Waals surface area contributed by atoms with Crippen molar-refractivity contribution in [3.8, 4) is 0 Å². The van der Waals surface area contributed by atoms with E-state index < -0.39 is 16.0 Å². The molecule has 2 N–H and O–H groups in total. The topological polar surface area (TPSA) is 114 Å². The normalized spacial score (nSPS) is 11.8. The molecule has 114 valence electrons. The first-order chi connectivity index (χ1) is 9.72. The molecule has 0 bridgehead atoms. The molecular weight excluding hydrogens is 298 g/mol. The van der Waals surface area contributed by atoms with Crippen molar-refractivity contribution in [2.24, 2.45) is 7.05 Å². The minimum atomic E-state index is -3.81. The zero-order valence-electron chi connectivity index (χ0n) is 11.7. The predicted octanol–water partition coefficient (Wildman–Crippen LogP) is 0.807. The summed E-state index contributed by atoms with van der Waals surface area (Å²) < 4.78 is 32.9. The van der Waals surface area contributed by atoms with Gasteiger partial charge in [0.05, 0.1) is 5.69 Å². The van der Waals surface area contributed by atoms with Crippen LogP contribution in [0.5, 0.6) is 0 Å². The van der Waals surface area contributed by atoms with E-state index in [-0.39, 0.29) is 17.1 Å². The fourth-order valence-corrected chi connectivity index (χ4v) is 2.96. The number of sulfonamides is 1. The van der Waals surface area contributed by atoms with Gasteiger partial charge >= 0.3 is 5.97 Å². The Balaban J connectivity index is 2.23. The Hall–Kier alpha value is -2.13. The maximum atomic E-state index is 12.2. The summed E-state index contributed by atoms with van der Waals surface area (Å²) in [7, 11) is -2.34. The molecule has 0 aliphatic carbocycles. The number of carbonyl (C=O) groups is 1. The van der Waals surface area contributed by atoms with Gasteiger partial charge in [-0.05, 0) is 19.9 Å². The van der Waals surface area contributed by atoms with Gasteiger partial charge in [0.1, 0.15) is 16.3 Å². The quantitative estimate of drug-likeness (QED) is 0.844. The van der Waals surface area contributed by atoms with Crippen LogP contribution in [-0.4, -0.2) is 29.2 Å². The van der Waals surface area contributed by atoms with Crippen molar-refractivity contribution in [2.45, 2.75) is 25.3 Å². The number of rotatable bonds is 5. The average molecular weight is 313 g/mol. The van der Waals surface area contributed by atoms with E-state index in [0.717, 1.165) is 6.07 Å². The van der Waals surface area contributed by atoms with E-state index in [9.17, 15) is 13.2 Å². The van der Waals surface area contributed by atoms with Crippen LogP contribution >= 0.6 is 0 Å². The number of hydrogen-bond acceptors (Lipinski definition) is 5. The lowest BCUT2D eigenvalue weighted by Gasteiger charge is -2.04. The van der Waals surface area contributed by atoms with Gasteiger partial charge in [0.15, 0.2) is 0 Å². The Bertz CT molecular complexity index is 768. The molecule has 0 amide bonds. The minimum absolute atomic E-state index is 0.0286. The van der Waals surface area contributed by atoms with Gasteiger partial charge in [-0.1, -0.05) is 5.16 Å². The maximum Gasteiger partial charge on any atom is 0.352 e. The van der Waals surface area contributed by atoms with Crippen molar-refractivity contribution in [3.05, 3.63) is 35.0 Å². The van der Waals surface area contributed by atoms with E-state index in [4.69, 9.17) is 9.63 Å². The highest BCUT2D eigenvalue weighted by atomic mass is 32.2.